The molecule has 0 aromatic rings. The van der Waals surface area contributed by atoms with Crippen molar-refractivity contribution in [1.82, 2.24) is 0 Å². The maximum atomic E-state index is 3.55. The zero-order valence-corrected chi connectivity index (χ0v) is 8.41. The molecule has 0 aliphatic carbocycles. The van der Waals surface area contributed by atoms with Crippen molar-refractivity contribution in [1.29, 1.82) is 0 Å². The molecule has 0 saturated carbocycles. The van der Waals surface area contributed by atoms with Crippen molar-refractivity contribution in [2.75, 3.05) is 0 Å². The van der Waals surface area contributed by atoms with Crippen molar-refractivity contribution >= 4 is 0 Å². The Morgan fingerprint density at radius 3 is 1.40 bits per heavy atom. The van der Waals surface area contributed by atoms with Crippen LogP contribution in [0.4, 0.5) is 0 Å². The molecule has 0 aliphatic rings. The van der Waals surface area contributed by atoms with Gasteiger partial charge in [0.25, 0.3) is 0 Å². The molecule has 0 aliphatic heterocycles. The monoisotopic (exact) mass is 144 g/mol. The van der Waals surface area contributed by atoms with E-state index < -0.39 is 0 Å². The Bertz CT molecular complexity index is 29.0. The summed E-state index contributed by atoms with van der Waals surface area (Å²) < 4.78 is 0. The van der Waals surface area contributed by atoms with Crippen LogP contribution < -0.4 is 0 Å². The van der Waals surface area contributed by atoms with Gasteiger partial charge in [-0.3, -0.25) is 0 Å². The van der Waals surface area contributed by atoms with E-state index in [1.807, 2.05) is 19.9 Å². The second kappa shape index (κ2) is 37.4. The summed E-state index contributed by atoms with van der Waals surface area (Å²) in [5.41, 5.74) is 0. The lowest BCUT2D eigenvalue weighted by Crippen LogP contribution is -1.52. The highest BCUT2D eigenvalue weighted by atomic mass is 13.7. The summed E-state index contributed by atoms with van der Waals surface area (Å²) in [5.74, 6) is 0. The summed E-state index contributed by atoms with van der Waals surface area (Å²) in [5, 5.41) is 0. The Kier molecular flexibility index (Phi) is 61.3. The van der Waals surface area contributed by atoms with Gasteiger partial charge in [0.1, 0.15) is 0 Å². The maximum absolute atomic E-state index is 3.55. The number of unbranched alkanes of at least 4 members (excludes halogenated alkanes) is 1. The molecule has 0 amide bonds. The van der Waals surface area contributed by atoms with E-state index in [0.717, 1.165) is 6.42 Å². The lowest BCUT2D eigenvalue weighted by molar-refractivity contribution is 0.961. The molecule has 0 heterocycles. The predicted molar refractivity (Wildman–Crippen MR) is 52.4 cm³/mol. The molecule has 0 atom stereocenters. The van der Waals surface area contributed by atoms with Crippen molar-refractivity contribution in [3.8, 4) is 0 Å². The molecule has 0 heteroatoms. The molecule has 0 fully saturated rings. The van der Waals surface area contributed by atoms with E-state index in [1.54, 1.807) is 0 Å². The van der Waals surface area contributed by atoms with Gasteiger partial charge in [0.15, 0.2) is 0 Å². The maximum Gasteiger partial charge on any atom is -0.0356 e. The van der Waals surface area contributed by atoms with Crippen LogP contribution in [0.3, 0.4) is 0 Å². The summed E-state index contributed by atoms with van der Waals surface area (Å²) >= 11 is 0. The van der Waals surface area contributed by atoms with Crippen molar-refractivity contribution in [3.63, 3.8) is 0 Å². The van der Waals surface area contributed by atoms with E-state index in [2.05, 4.69) is 27.4 Å². The van der Waals surface area contributed by atoms with Crippen molar-refractivity contribution in [2.45, 2.75) is 53.9 Å². The third-order valence-electron chi connectivity index (χ3n) is 0.493. The molecule has 0 radical (unpaired) electrons. The highest BCUT2D eigenvalue weighted by Crippen LogP contribution is 1.82. The second-order valence-electron chi connectivity index (χ2n) is 1.78. The molecule has 0 rings (SSSR count). The van der Waals surface area contributed by atoms with Gasteiger partial charge in [-0.25, -0.2) is 0 Å². The van der Waals surface area contributed by atoms with Gasteiger partial charge in [0.05, 0.1) is 0 Å². The third-order valence-corrected chi connectivity index (χ3v) is 0.493. The minimum Gasteiger partial charge on any atom is -0.103 e. The summed E-state index contributed by atoms with van der Waals surface area (Å²) in [6.07, 6.45) is 5.56. The molecule has 64 valence electrons. The van der Waals surface area contributed by atoms with Crippen LogP contribution in [-0.4, -0.2) is 0 Å². The van der Waals surface area contributed by atoms with E-state index in [9.17, 15) is 0 Å². The lowest BCUT2D eigenvalue weighted by Gasteiger charge is -1.72. The van der Waals surface area contributed by atoms with E-state index >= 15 is 0 Å². The Morgan fingerprint density at radius 2 is 1.40 bits per heavy atom. The number of rotatable bonds is 2. The zero-order valence-electron chi connectivity index (χ0n) is 8.41. The quantitative estimate of drug-likeness (QED) is 0.503. The first-order valence-corrected chi connectivity index (χ1v) is 4.44. The van der Waals surface area contributed by atoms with Crippen LogP contribution in [-0.2, 0) is 0 Å². The summed E-state index contributed by atoms with van der Waals surface area (Å²) in [7, 11) is 0. The summed E-state index contributed by atoms with van der Waals surface area (Å²) in [6, 6.07) is 0. The van der Waals surface area contributed by atoms with Gasteiger partial charge in [0.2, 0.25) is 0 Å². The van der Waals surface area contributed by atoms with Crippen LogP contribution in [0.1, 0.15) is 53.9 Å². The highest BCUT2D eigenvalue weighted by molar-refractivity contribution is 4.63. The lowest BCUT2D eigenvalue weighted by atomic mass is 10.3. The normalized spacial score (nSPS) is 6.10. The molecule has 0 aromatic carbocycles. The average Bonchev–Trinajstić information content (AvgIpc) is 1.96. The minimum atomic E-state index is 1.15. The molecular formula is C10H24. The number of hydrogen-bond donors (Lipinski definition) is 0. The average molecular weight is 144 g/mol. The van der Waals surface area contributed by atoms with Crippen molar-refractivity contribution in [3.05, 3.63) is 12.7 Å². The molecule has 0 spiro atoms. The molecule has 0 unspecified atom stereocenters. The molecule has 0 bridgehead atoms. The van der Waals surface area contributed by atoms with Gasteiger partial charge in [-0.15, -0.1) is 6.58 Å². The zero-order chi connectivity index (χ0) is 8.83. The van der Waals surface area contributed by atoms with Crippen LogP contribution in [0.25, 0.3) is 0 Å². The van der Waals surface area contributed by atoms with Crippen LogP contribution in [0.2, 0.25) is 0 Å². The first-order chi connectivity index (χ1) is 4.83. The third kappa shape index (κ3) is 116. The number of allylic oxidation sites excluding steroid dienone is 1. The molecule has 0 N–H and O–H groups in total. The van der Waals surface area contributed by atoms with Gasteiger partial charge < -0.3 is 0 Å². The molecular weight excluding hydrogens is 120 g/mol. The summed E-state index contributed by atoms with van der Waals surface area (Å²) in [6.45, 7) is 13.9. The van der Waals surface area contributed by atoms with Gasteiger partial charge in [0, 0.05) is 0 Å². The number of hydrogen-bond acceptors (Lipinski definition) is 0. The van der Waals surface area contributed by atoms with Gasteiger partial charge in [-0.05, 0) is 6.42 Å². The van der Waals surface area contributed by atoms with E-state index in [-0.39, 0.29) is 0 Å². The fraction of sp³-hybridized carbons (Fsp3) is 0.800. The Hall–Kier alpha value is -0.260. The van der Waals surface area contributed by atoms with E-state index in [0.29, 0.717) is 0 Å². The SMILES string of the molecule is C=CCCC.CC.CCC. The standard InChI is InChI=1S/C5H10.C3H8.C2H6/c1-3-5-4-2;1-3-2;1-2/h3H,1,4-5H2,2H3;3H2,1-2H3;1-2H3. The van der Waals surface area contributed by atoms with Crippen LogP contribution in [0.15, 0.2) is 12.7 Å². The largest absolute Gasteiger partial charge is 0.103 e. The van der Waals surface area contributed by atoms with Crippen LogP contribution in [0, 0.1) is 0 Å². The first kappa shape index (κ1) is 16.4. The second-order valence-corrected chi connectivity index (χ2v) is 1.78. The topological polar surface area (TPSA) is 0 Å². The summed E-state index contributed by atoms with van der Waals surface area (Å²) in [4.78, 5) is 0. The van der Waals surface area contributed by atoms with Crippen molar-refractivity contribution < 1.29 is 0 Å². The first-order valence-electron chi connectivity index (χ1n) is 4.44. The van der Waals surface area contributed by atoms with E-state index in [4.69, 9.17) is 0 Å². The minimum absolute atomic E-state index is 1.15. The fourth-order valence-electron chi connectivity index (χ4n) is 0.204. The Morgan fingerprint density at radius 1 is 1.10 bits per heavy atom. The molecule has 10 heavy (non-hydrogen) atoms. The predicted octanol–water partition coefficient (Wildman–Crippen LogP) is 4.42. The van der Waals surface area contributed by atoms with Crippen molar-refractivity contribution in [2.24, 2.45) is 0 Å². The van der Waals surface area contributed by atoms with Crippen LogP contribution in [0.5, 0.6) is 0 Å². The molecule has 0 aromatic heterocycles. The molecule has 0 saturated heterocycles. The fourth-order valence-corrected chi connectivity index (χ4v) is 0.204. The van der Waals surface area contributed by atoms with E-state index in [1.165, 1.54) is 12.8 Å². The highest BCUT2D eigenvalue weighted by Gasteiger charge is 1.61. The van der Waals surface area contributed by atoms with Gasteiger partial charge in [-0.2, -0.15) is 0 Å². The van der Waals surface area contributed by atoms with Crippen LogP contribution >= 0.6 is 0 Å². The smallest absolute Gasteiger partial charge is 0.0356 e. The van der Waals surface area contributed by atoms with Gasteiger partial charge in [-0.1, -0.05) is 53.5 Å². The Labute approximate surface area is 67.3 Å². The Balaban J connectivity index is -0.0000000847. The molecule has 0 nitrogen and oxygen atoms in total. The van der Waals surface area contributed by atoms with Gasteiger partial charge >= 0.3 is 0 Å².